The summed E-state index contributed by atoms with van der Waals surface area (Å²) in [7, 11) is 3.24. The zero-order chi connectivity index (χ0) is 37.8. The molecule has 2 saturated heterocycles. The third kappa shape index (κ3) is 8.08. The molecular weight excluding hydrogens is 681 g/mol. The highest BCUT2D eigenvalue weighted by Gasteiger charge is 2.31. The van der Waals surface area contributed by atoms with Gasteiger partial charge in [-0.25, -0.2) is 23.1 Å². The van der Waals surface area contributed by atoms with E-state index in [-0.39, 0.29) is 34.6 Å². The van der Waals surface area contributed by atoms with Crippen molar-refractivity contribution in [2.24, 2.45) is 5.92 Å². The van der Waals surface area contributed by atoms with Crippen molar-refractivity contribution in [3.05, 3.63) is 83.1 Å². The summed E-state index contributed by atoms with van der Waals surface area (Å²) in [5.74, 6) is 2.26. The van der Waals surface area contributed by atoms with Gasteiger partial charge in [-0.05, 0) is 50.3 Å². The predicted octanol–water partition coefficient (Wildman–Crippen LogP) is 6.22. The first kappa shape index (κ1) is 37.2. The third-order valence-electron chi connectivity index (χ3n) is 9.43. The lowest BCUT2D eigenvalue weighted by atomic mass is 9.96. The number of anilines is 1. The number of halogens is 3. The summed E-state index contributed by atoms with van der Waals surface area (Å²) in [6.45, 7) is 8.00. The first-order valence-corrected chi connectivity index (χ1v) is 17.5. The van der Waals surface area contributed by atoms with Crippen LogP contribution in [0.15, 0.2) is 48.7 Å². The van der Waals surface area contributed by atoms with Crippen LogP contribution in [0, 0.1) is 43.7 Å². The number of methoxy groups -OCH3 is 1. The van der Waals surface area contributed by atoms with Crippen LogP contribution in [0.2, 0.25) is 0 Å². The first-order chi connectivity index (χ1) is 25.5. The van der Waals surface area contributed by atoms with E-state index in [0.29, 0.717) is 71.3 Å². The molecule has 3 aromatic heterocycles. The van der Waals surface area contributed by atoms with Crippen molar-refractivity contribution < 1.29 is 22.7 Å². The van der Waals surface area contributed by atoms with Crippen LogP contribution in [0.3, 0.4) is 0 Å². The second kappa shape index (κ2) is 16.0. The number of amides is 1. The van der Waals surface area contributed by atoms with Crippen molar-refractivity contribution in [3.8, 4) is 29.6 Å². The quantitative estimate of drug-likeness (QED) is 0.147. The Morgan fingerprint density at radius 2 is 1.94 bits per heavy atom. The lowest BCUT2D eigenvalue weighted by Crippen LogP contribution is -2.53. The smallest absolute Gasteiger partial charge is 0.318 e. The highest BCUT2D eigenvalue weighted by Crippen LogP contribution is 2.36. The molecule has 0 radical (unpaired) electrons. The van der Waals surface area contributed by atoms with E-state index in [2.05, 4.69) is 43.1 Å². The van der Waals surface area contributed by atoms with E-state index in [9.17, 15) is 13.6 Å². The minimum Gasteiger partial charge on any atom is -0.467 e. The number of likely N-dealkylation sites (tertiary alicyclic amines) is 1. The maximum atomic E-state index is 16.3. The van der Waals surface area contributed by atoms with Crippen LogP contribution in [-0.2, 0) is 4.79 Å². The van der Waals surface area contributed by atoms with E-state index in [1.54, 1.807) is 35.2 Å². The molecule has 0 spiro atoms. The van der Waals surface area contributed by atoms with Crippen LogP contribution in [0.5, 0.6) is 6.01 Å². The molecule has 2 aromatic carbocycles. The minimum absolute atomic E-state index is 0.00936. The van der Waals surface area contributed by atoms with Gasteiger partial charge in [0.15, 0.2) is 5.82 Å². The second-order valence-corrected chi connectivity index (χ2v) is 13.3. The van der Waals surface area contributed by atoms with Gasteiger partial charge in [0, 0.05) is 74.1 Å². The fourth-order valence-electron chi connectivity index (χ4n) is 6.80. The van der Waals surface area contributed by atoms with E-state index in [4.69, 9.17) is 11.2 Å². The summed E-state index contributed by atoms with van der Waals surface area (Å²) >= 11 is 0. The van der Waals surface area contributed by atoms with Gasteiger partial charge in [0.05, 0.1) is 23.8 Å². The molecule has 10 nitrogen and oxygen atoms in total. The van der Waals surface area contributed by atoms with Crippen molar-refractivity contribution in [1.82, 2.24) is 35.1 Å². The summed E-state index contributed by atoms with van der Waals surface area (Å²) in [4.78, 5) is 38.2. The first-order valence-electron chi connectivity index (χ1n) is 17.5. The van der Waals surface area contributed by atoms with E-state index < -0.39 is 17.8 Å². The van der Waals surface area contributed by atoms with Gasteiger partial charge in [0.25, 0.3) is 0 Å². The van der Waals surface area contributed by atoms with Crippen molar-refractivity contribution >= 4 is 39.5 Å². The number of carbonyl (C=O) groups excluding carboxylic acids is 1. The second-order valence-electron chi connectivity index (χ2n) is 13.3. The van der Waals surface area contributed by atoms with E-state index in [1.807, 2.05) is 31.9 Å². The molecule has 0 aliphatic carbocycles. The molecule has 2 aliphatic rings. The van der Waals surface area contributed by atoms with Gasteiger partial charge < -0.3 is 19.9 Å². The van der Waals surface area contributed by atoms with Gasteiger partial charge >= 0.3 is 6.01 Å². The van der Waals surface area contributed by atoms with E-state index in [1.165, 1.54) is 25.4 Å². The zero-order valence-corrected chi connectivity index (χ0v) is 30.3. The summed E-state index contributed by atoms with van der Waals surface area (Å²) in [6, 6.07) is 10.3. The number of benzene rings is 2. The van der Waals surface area contributed by atoms with Gasteiger partial charge in [0.2, 0.25) is 5.91 Å². The number of carbonyl (C=O) groups is 1. The number of aryl methyl sites for hydroxylation is 2. The number of aromatic nitrogens is 5. The van der Waals surface area contributed by atoms with Gasteiger partial charge in [-0.1, -0.05) is 37.1 Å². The Balaban J connectivity index is 0.000000533. The number of nitrogens with one attached hydrogen (secondary N) is 1. The summed E-state index contributed by atoms with van der Waals surface area (Å²) < 4.78 is 48.5. The van der Waals surface area contributed by atoms with Crippen LogP contribution in [0.1, 0.15) is 42.5 Å². The average Bonchev–Trinajstić information content (AvgIpc) is 3.56. The van der Waals surface area contributed by atoms with E-state index in [0.717, 1.165) is 18.5 Å². The van der Waals surface area contributed by atoms with Gasteiger partial charge in [0.1, 0.15) is 34.8 Å². The van der Waals surface area contributed by atoms with Gasteiger partial charge in [-0.15, -0.1) is 6.42 Å². The molecular formula is C40H41F3N8O2. The number of fused-ring (bicyclic) bond motifs is 2. The Bertz CT molecular complexity index is 2210. The molecule has 1 amide bonds. The fourth-order valence-corrected chi connectivity index (χ4v) is 6.80. The molecule has 5 heterocycles. The predicted molar refractivity (Wildman–Crippen MR) is 200 cm³/mol. The van der Waals surface area contributed by atoms with Crippen LogP contribution in [0.25, 0.3) is 39.0 Å². The maximum absolute atomic E-state index is 16.3. The number of nitrogens with zero attached hydrogens (tertiary/aromatic N) is 7. The Hall–Kier alpha value is -5.61. The minimum atomic E-state index is -0.705. The standard InChI is InChI=1S/C34H29F2N7O2.C6H12FN/c1-6-24-27(35)12-10-22-8-7-9-25(29(22)24)31-30(36)32-26(15-37-31)33(41-34(40-32)45-5)42(4)16-21-17-43(18-21)28(44)13-11-23-14-19(2)38-20(3)39-23;1-2-6-3-5(7)4-8-6/h1,7-15,21H,16-18H2,2-5H3;5-6,8H,2-4H2,1H3/b13-11+;. The molecule has 2 aliphatic heterocycles. The van der Waals surface area contributed by atoms with Crippen LogP contribution in [-0.4, -0.2) is 88.3 Å². The molecule has 7 rings (SSSR count). The molecule has 13 heteroatoms. The molecule has 2 fully saturated rings. The number of alkyl halides is 1. The van der Waals surface area contributed by atoms with E-state index >= 15 is 4.39 Å². The Morgan fingerprint density at radius 3 is 2.60 bits per heavy atom. The maximum Gasteiger partial charge on any atom is 0.318 e. The van der Waals surface area contributed by atoms with Crippen molar-refractivity contribution in [2.75, 3.05) is 45.2 Å². The average molecular weight is 723 g/mol. The lowest BCUT2D eigenvalue weighted by molar-refractivity contribution is -0.131. The number of pyridine rings is 1. The Labute approximate surface area is 306 Å². The monoisotopic (exact) mass is 722 g/mol. The summed E-state index contributed by atoms with van der Waals surface area (Å²) in [6.07, 6.45) is 11.5. The SMILES string of the molecule is C#Cc1c(F)ccc2cccc(-c3ncc4c(N(C)CC5CN(C(=O)/C=C/c6cc(C)nc(C)n6)C5)nc(OC)nc4c3F)c12.CCC1CC(F)CN1. The van der Waals surface area contributed by atoms with Crippen LogP contribution >= 0.6 is 0 Å². The molecule has 1 N–H and O–H groups in total. The molecule has 0 bridgehead atoms. The van der Waals surface area contributed by atoms with Crippen LogP contribution in [0.4, 0.5) is 19.0 Å². The highest BCUT2D eigenvalue weighted by atomic mass is 19.1. The van der Waals surface area contributed by atoms with Gasteiger partial charge in [-0.3, -0.25) is 9.78 Å². The van der Waals surface area contributed by atoms with Crippen LogP contribution < -0.4 is 15.0 Å². The molecule has 5 aromatic rings. The van der Waals surface area contributed by atoms with Crippen molar-refractivity contribution in [1.29, 1.82) is 0 Å². The normalized spacial score (nSPS) is 17.1. The number of rotatable bonds is 8. The molecule has 53 heavy (non-hydrogen) atoms. The molecule has 2 atom stereocenters. The molecule has 2 unspecified atom stereocenters. The summed E-state index contributed by atoms with van der Waals surface area (Å²) in [5, 5.41) is 4.52. The Kier molecular flexibility index (Phi) is 11.2. The summed E-state index contributed by atoms with van der Waals surface area (Å²) in [5.41, 5.74) is 1.90. The Morgan fingerprint density at radius 1 is 1.15 bits per heavy atom. The van der Waals surface area contributed by atoms with Crippen molar-refractivity contribution in [2.45, 2.75) is 45.8 Å². The molecule has 274 valence electrons. The highest BCUT2D eigenvalue weighted by molar-refractivity contribution is 6.02. The lowest BCUT2D eigenvalue weighted by Gasteiger charge is -2.40. The number of hydrogen-bond donors (Lipinski definition) is 1. The third-order valence-corrected chi connectivity index (χ3v) is 9.43. The van der Waals surface area contributed by atoms with Crippen molar-refractivity contribution in [3.63, 3.8) is 0 Å². The fraction of sp³-hybridized carbons (Fsp3) is 0.350. The number of terminal acetylenes is 1. The molecule has 0 saturated carbocycles. The number of ether oxygens (including phenoxy) is 1. The largest absolute Gasteiger partial charge is 0.467 e. The topological polar surface area (TPSA) is 109 Å². The van der Waals surface area contributed by atoms with Gasteiger partial charge in [-0.2, -0.15) is 9.97 Å². The zero-order valence-electron chi connectivity index (χ0n) is 30.3. The number of hydrogen-bond acceptors (Lipinski definition) is 9.